The highest BCUT2D eigenvalue weighted by molar-refractivity contribution is 6.07. The van der Waals surface area contributed by atoms with Crippen LogP contribution in [0, 0.1) is 6.92 Å². The number of carbonyl (C=O) groups is 1. The van der Waals surface area contributed by atoms with Gasteiger partial charge in [0.05, 0.1) is 18.1 Å². The van der Waals surface area contributed by atoms with Gasteiger partial charge in [-0.25, -0.2) is 14.8 Å². The summed E-state index contributed by atoms with van der Waals surface area (Å²) in [4.78, 5) is 20.1. The molecule has 0 unspecified atom stereocenters. The van der Waals surface area contributed by atoms with Crippen LogP contribution in [0.15, 0.2) is 10.7 Å². The van der Waals surface area contributed by atoms with Crippen molar-refractivity contribution in [1.82, 2.24) is 9.97 Å². The Balaban J connectivity index is 2.50. The number of hydrogen-bond acceptors (Lipinski definition) is 7. The van der Waals surface area contributed by atoms with E-state index < -0.39 is 12.1 Å². The molecule has 1 atom stereocenters. The van der Waals surface area contributed by atoms with Gasteiger partial charge in [0, 0.05) is 6.54 Å². The van der Waals surface area contributed by atoms with E-state index in [1.807, 2.05) is 0 Å². The van der Waals surface area contributed by atoms with Gasteiger partial charge < -0.3 is 19.6 Å². The number of esters is 1. The van der Waals surface area contributed by atoms with Crippen molar-refractivity contribution >= 4 is 22.9 Å². The number of anilines is 1. The van der Waals surface area contributed by atoms with Crippen LogP contribution in [0.25, 0.3) is 11.1 Å². The molecule has 2 heterocycles. The van der Waals surface area contributed by atoms with Crippen molar-refractivity contribution in [3.05, 3.63) is 17.7 Å². The van der Waals surface area contributed by atoms with Crippen LogP contribution in [0.3, 0.4) is 0 Å². The van der Waals surface area contributed by atoms with Gasteiger partial charge in [0.15, 0.2) is 0 Å². The number of furan rings is 1. The third kappa shape index (κ3) is 2.72. The Labute approximate surface area is 116 Å². The number of aromatic nitrogens is 2. The Morgan fingerprint density at radius 1 is 1.55 bits per heavy atom. The van der Waals surface area contributed by atoms with Crippen molar-refractivity contribution in [3.63, 3.8) is 0 Å². The number of hydrogen-bond donors (Lipinski definition) is 2. The third-order valence-electron chi connectivity index (χ3n) is 2.71. The van der Waals surface area contributed by atoms with Crippen LogP contribution < -0.4 is 5.32 Å². The number of fused-ring (bicyclic) bond motifs is 1. The van der Waals surface area contributed by atoms with Gasteiger partial charge in [-0.1, -0.05) is 0 Å². The van der Waals surface area contributed by atoms with E-state index in [9.17, 15) is 9.90 Å². The van der Waals surface area contributed by atoms with E-state index in [1.54, 1.807) is 20.8 Å². The monoisotopic (exact) mass is 279 g/mol. The topological polar surface area (TPSA) is 97.5 Å². The Kier molecular flexibility index (Phi) is 4.19. The molecule has 0 spiro atoms. The molecule has 0 aromatic carbocycles. The van der Waals surface area contributed by atoms with E-state index in [4.69, 9.17) is 9.15 Å². The highest BCUT2D eigenvalue weighted by Crippen LogP contribution is 2.29. The molecule has 2 aromatic rings. The largest absolute Gasteiger partial charge is 0.462 e. The minimum atomic E-state index is -0.543. The molecule has 2 rings (SSSR count). The Hall–Kier alpha value is -2.15. The minimum absolute atomic E-state index is 0.273. The number of aliphatic hydroxyl groups is 1. The van der Waals surface area contributed by atoms with Gasteiger partial charge in [-0.2, -0.15) is 0 Å². The third-order valence-corrected chi connectivity index (χ3v) is 2.71. The minimum Gasteiger partial charge on any atom is -0.462 e. The molecule has 7 heteroatoms. The number of aliphatic hydroxyl groups excluding tert-OH is 1. The zero-order chi connectivity index (χ0) is 14.7. The van der Waals surface area contributed by atoms with Crippen molar-refractivity contribution in [2.45, 2.75) is 26.9 Å². The summed E-state index contributed by atoms with van der Waals surface area (Å²) in [7, 11) is 0. The highest BCUT2D eigenvalue weighted by atomic mass is 16.5. The SMILES string of the molecule is CCOC(=O)c1c(C)oc2ncnc(NC[C@H](C)O)c12. The predicted octanol–water partition coefficient (Wildman–Crippen LogP) is 1.50. The summed E-state index contributed by atoms with van der Waals surface area (Å²) in [5.74, 6) is 0.397. The molecule has 0 bridgehead atoms. The molecule has 0 amide bonds. The van der Waals surface area contributed by atoms with Gasteiger partial charge in [-0.3, -0.25) is 0 Å². The lowest BCUT2D eigenvalue weighted by Crippen LogP contribution is -2.16. The normalized spacial score (nSPS) is 12.4. The van der Waals surface area contributed by atoms with Gasteiger partial charge in [0.1, 0.15) is 23.5 Å². The van der Waals surface area contributed by atoms with E-state index in [2.05, 4.69) is 15.3 Å². The second-order valence-electron chi connectivity index (χ2n) is 4.39. The average molecular weight is 279 g/mol. The maximum atomic E-state index is 12.0. The van der Waals surface area contributed by atoms with Crippen LogP contribution in [0.4, 0.5) is 5.82 Å². The molecule has 2 N–H and O–H groups in total. The molecule has 0 fully saturated rings. The molecule has 0 saturated heterocycles. The fraction of sp³-hybridized carbons (Fsp3) is 0.462. The van der Waals surface area contributed by atoms with E-state index in [-0.39, 0.29) is 6.61 Å². The number of carbonyl (C=O) groups excluding carboxylic acids is 1. The van der Waals surface area contributed by atoms with Crippen molar-refractivity contribution in [2.75, 3.05) is 18.5 Å². The summed E-state index contributed by atoms with van der Waals surface area (Å²) in [6.07, 6.45) is 0.795. The summed E-state index contributed by atoms with van der Waals surface area (Å²) in [5, 5.41) is 12.8. The number of ether oxygens (including phenoxy) is 1. The van der Waals surface area contributed by atoms with Crippen LogP contribution in [-0.4, -0.2) is 40.3 Å². The molecule has 0 radical (unpaired) electrons. The lowest BCUT2D eigenvalue weighted by molar-refractivity contribution is 0.0526. The fourth-order valence-electron chi connectivity index (χ4n) is 1.87. The van der Waals surface area contributed by atoms with Crippen LogP contribution in [0.5, 0.6) is 0 Å². The summed E-state index contributed by atoms with van der Waals surface area (Å²) in [6.45, 7) is 5.64. The van der Waals surface area contributed by atoms with Gasteiger partial charge in [-0.15, -0.1) is 0 Å². The lowest BCUT2D eigenvalue weighted by atomic mass is 10.2. The summed E-state index contributed by atoms with van der Waals surface area (Å²) < 4.78 is 10.5. The van der Waals surface area contributed by atoms with E-state index in [0.29, 0.717) is 34.8 Å². The Morgan fingerprint density at radius 3 is 2.95 bits per heavy atom. The smallest absolute Gasteiger partial charge is 0.342 e. The van der Waals surface area contributed by atoms with Crippen molar-refractivity contribution in [1.29, 1.82) is 0 Å². The first kappa shape index (κ1) is 14.3. The van der Waals surface area contributed by atoms with Gasteiger partial charge in [0.2, 0.25) is 5.71 Å². The quantitative estimate of drug-likeness (QED) is 0.800. The van der Waals surface area contributed by atoms with Gasteiger partial charge in [-0.05, 0) is 20.8 Å². The van der Waals surface area contributed by atoms with Crippen molar-refractivity contribution < 1.29 is 19.1 Å². The molecule has 0 aliphatic carbocycles. The molecule has 108 valence electrons. The van der Waals surface area contributed by atoms with Crippen LogP contribution in [0.1, 0.15) is 30.0 Å². The van der Waals surface area contributed by atoms with Crippen LogP contribution >= 0.6 is 0 Å². The second kappa shape index (κ2) is 5.87. The zero-order valence-electron chi connectivity index (χ0n) is 11.6. The number of aryl methyl sites for hydroxylation is 1. The van der Waals surface area contributed by atoms with Gasteiger partial charge >= 0.3 is 5.97 Å². The number of rotatable bonds is 5. The van der Waals surface area contributed by atoms with Crippen molar-refractivity contribution in [2.24, 2.45) is 0 Å². The van der Waals surface area contributed by atoms with E-state index in [0.717, 1.165) is 0 Å². The number of nitrogens with one attached hydrogen (secondary N) is 1. The van der Waals surface area contributed by atoms with E-state index in [1.165, 1.54) is 6.33 Å². The highest BCUT2D eigenvalue weighted by Gasteiger charge is 2.23. The Bertz CT molecular complexity index is 621. The zero-order valence-corrected chi connectivity index (χ0v) is 11.6. The number of nitrogens with zero attached hydrogens (tertiary/aromatic N) is 2. The first-order chi connectivity index (χ1) is 9.54. The predicted molar refractivity (Wildman–Crippen MR) is 72.7 cm³/mol. The maximum absolute atomic E-state index is 12.0. The molecule has 0 saturated carbocycles. The molecule has 2 aromatic heterocycles. The van der Waals surface area contributed by atoms with Crippen LogP contribution in [-0.2, 0) is 4.74 Å². The van der Waals surface area contributed by atoms with Gasteiger partial charge in [0.25, 0.3) is 0 Å². The summed E-state index contributed by atoms with van der Waals surface area (Å²) >= 11 is 0. The average Bonchev–Trinajstić information content (AvgIpc) is 2.73. The summed E-state index contributed by atoms with van der Waals surface area (Å²) in [6, 6.07) is 0. The first-order valence-corrected chi connectivity index (χ1v) is 6.37. The molecular formula is C13H17N3O4. The summed E-state index contributed by atoms with van der Waals surface area (Å²) in [5.41, 5.74) is 0.629. The Morgan fingerprint density at radius 2 is 2.30 bits per heavy atom. The lowest BCUT2D eigenvalue weighted by Gasteiger charge is -2.08. The molecule has 0 aliphatic heterocycles. The molecule has 0 aliphatic rings. The molecule has 7 nitrogen and oxygen atoms in total. The van der Waals surface area contributed by atoms with Crippen molar-refractivity contribution in [3.8, 4) is 0 Å². The standard InChI is InChI=1S/C13H17N3O4/c1-4-19-13(18)9-8(3)20-12-10(9)11(15-6-16-12)14-5-7(2)17/h6-7,17H,4-5H2,1-3H3,(H,14,15,16)/t7-/m0/s1. The van der Waals surface area contributed by atoms with Crippen LogP contribution in [0.2, 0.25) is 0 Å². The second-order valence-corrected chi connectivity index (χ2v) is 4.39. The van der Waals surface area contributed by atoms with E-state index >= 15 is 0 Å². The molecule has 20 heavy (non-hydrogen) atoms. The first-order valence-electron chi connectivity index (χ1n) is 6.37. The fourth-order valence-corrected chi connectivity index (χ4v) is 1.87. The maximum Gasteiger partial charge on any atom is 0.342 e. The molecular weight excluding hydrogens is 262 g/mol.